The van der Waals surface area contributed by atoms with Crippen LogP contribution in [-0.2, 0) is 14.4 Å². The van der Waals surface area contributed by atoms with Crippen molar-refractivity contribution in [2.24, 2.45) is 11.8 Å². The van der Waals surface area contributed by atoms with Gasteiger partial charge in [0.15, 0.2) is 10.9 Å². The summed E-state index contributed by atoms with van der Waals surface area (Å²) in [5.41, 5.74) is 0. The number of Topliss-reactive ketones (excluding diaryl/α,β-unsaturated/α-hetero) is 1. The van der Waals surface area contributed by atoms with Crippen molar-refractivity contribution < 1.29 is 19.5 Å². The summed E-state index contributed by atoms with van der Waals surface area (Å²) in [5.74, 6) is 0.388. The second-order valence-corrected chi connectivity index (χ2v) is 7.74. The van der Waals surface area contributed by atoms with Gasteiger partial charge in [-0.1, -0.05) is 31.0 Å². The molecule has 5 nitrogen and oxygen atoms in total. The SMILES string of the molecule is CC(=O)SCCC(=O)C1C2CCCCC2CC(C(=O)O)N1C. The smallest absolute Gasteiger partial charge is 0.320 e. The molecule has 1 N–H and O–H groups in total. The van der Waals surface area contributed by atoms with Gasteiger partial charge in [0.05, 0.1) is 6.04 Å². The fourth-order valence-electron chi connectivity index (χ4n) is 4.08. The van der Waals surface area contributed by atoms with E-state index in [9.17, 15) is 19.5 Å². The van der Waals surface area contributed by atoms with Crippen LogP contribution in [0.15, 0.2) is 0 Å². The monoisotopic (exact) mass is 327 g/mol. The van der Waals surface area contributed by atoms with Gasteiger partial charge in [-0.3, -0.25) is 19.3 Å². The minimum absolute atomic E-state index is 0.0174. The van der Waals surface area contributed by atoms with Crippen molar-refractivity contribution in [2.45, 2.75) is 57.5 Å². The molecule has 0 aromatic rings. The summed E-state index contributed by atoms with van der Waals surface area (Å²) >= 11 is 1.17. The van der Waals surface area contributed by atoms with Gasteiger partial charge in [0.1, 0.15) is 6.04 Å². The number of carboxylic acid groups (broad SMARTS) is 1. The van der Waals surface area contributed by atoms with E-state index in [1.54, 1.807) is 11.9 Å². The van der Waals surface area contributed by atoms with Crippen LogP contribution in [0, 0.1) is 11.8 Å². The third-order valence-electron chi connectivity index (χ3n) is 5.10. The van der Waals surface area contributed by atoms with E-state index in [4.69, 9.17) is 0 Å². The number of likely N-dealkylation sites (N-methyl/N-ethyl adjacent to an activating group) is 1. The predicted molar refractivity (Wildman–Crippen MR) is 85.8 cm³/mol. The minimum atomic E-state index is -0.831. The lowest BCUT2D eigenvalue weighted by molar-refractivity contribution is -0.151. The molecule has 1 saturated carbocycles. The van der Waals surface area contributed by atoms with Crippen LogP contribution < -0.4 is 0 Å². The van der Waals surface area contributed by atoms with E-state index < -0.39 is 12.0 Å². The minimum Gasteiger partial charge on any atom is -0.480 e. The summed E-state index contributed by atoms with van der Waals surface area (Å²) in [6.45, 7) is 1.50. The van der Waals surface area contributed by atoms with E-state index >= 15 is 0 Å². The van der Waals surface area contributed by atoms with Crippen LogP contribution >= 0.6 is 11.8 Å². The number of carbonyl (C=O) groups excluding carboxylic acids is 2. The van der Waals surface area contributed by atoms with Crippen LogP contribution in [-0.4, -0.2) is 51.8 Å². The fourth-order valence-corrected chi connectivity index (χ4v) is 4.67. The van der Waals surface area contributed by atoms with Crippen molar-refractivity contribution in [2.75, 3.05) is 12.8 Å². The molecule has 0 aromatic carbocycles. The Morgan fingerprint density at radius 2 is 1.91 bits per heavy atom. The molecule has 1 aliphatic heterocycles. The second-order valence-electron chi connectivity index (χ2n) is 6.46. The summed E-state index contributed by atoms with van der Waals surface area (Å²) in [5, 5.41) is 9.46. The maximum absolute atomic E-state index is 12.7. The highest BCUT2D eigenvalue weighted by atomic mass is 32.2. The van der Waals surface area contributed by atoms with Gasteiger partial charge in [0, 0.05) is 19.1 Å². The molecule has 22 heavy (non-hydrogen) atoms. The third-order valence-corrected chi connectivity index (χ3v) is 5.91. The van der Waals surface area contributed by atoms with E-state index in [1.165, 1.54) is 18.7 Å². The Balaban J connectivity index is 2.10. The quantitative estimate of drug-likeness (QED) is 0.834. The molecule has 4 unspecified atom stereocenters. The van der Waals surface area contributed by atoms with Crippen LogP contribution in [0.25, 0.3) is 0 Å². The highest BCUT2D eigenvalue weighted by Gasteiger charge is 2.47. The maximum Gasteiger partial charge on any atom is 0.320 e. The van der Waals surface area contributed by atoms with Crippen LogP contribution in [0.5, 0.6) is 0 Å². The molecular weight excluding hydrogens is 302 g/mol. The van der Waals surface area contributed by atoms with Gasteiger partial charge in [-0.25, -0.2) is 0 Å². The number of thioether (sulfide) groups is 1. The maximum atomic E-state index is 12.7. The van der Waals surface area contributed by atoms with Crippen LogP contribution in [0.1, 0.15) is 45.4 Å². The summed E-state index contributed by atoms with van der Waals surface area (Å²) < 4.78 is 0. The normalized spacial score (nSPS) is 32.3. The highest BCUT2D eigenvalue weighted by Crippen LogP contribution is 2.42. The zero-order valence-corrected chi connectivity index (χ0v) is 14.1. The van der Waals surface area contributed by atoms with Crippen molar-refractivity contribution in [3.8, 4) is 0 Å². The van der Waals surface area contributed by atoms with Crippen LogP contribution in [0.3, 0.4) is 0 Å². The number of nitrogens with zero attached hydrogens (tertiary/aromatic N) is 1. The Morgan fingerprint density at radius 3 is 2.55 bits per heavy atom. The lowest BCUT2D eigenvalue weighted by Gasteiger charge is -2.48. The predicted octanol–water partition coefficient (Wildman–Crippen LogP) is 2.19. The van der Waals surface area contributed by atoms with E-state index in [-0.39, 0.29) is 22.9 Å². The van der Waals surface area contributed by atoms with Crippen LogP contribution in [0.4, 0.5) is 0 Å². The number of carboxylic acids is 1. The van der Waals surface area contributed by atoms with Crippen molar-refractivity contribution >= 4 is 28.6 Å². The van der Waals surface area contributed by atoms with Crippen molar-refractivity contribution in [1.29, 1.82) is 0 Å². The molecule has 0 bridgehead atoms. The molecule has 0 amide bonds. The first-order valence-corrected chi connectivity index (χ1v) is 9.01. The van der Waals surface area contributed by atoms with Gasteiger partial charge < -0.3 is 5.11 Å². The molecule has 0 spiro atoms. The van der Waals surface area contributed by atoms with Gasteiger partial charge in [0.25, 0.3) is 0 Å². The number of carbonyl (C=O) groups is 3. The van der Waals surface area contributed by atoms with Crippen molar-refractivity contribution in [3.63, 3.8) is 0 Å². The first-order valence-electron chi connectivity index (χ1n) is 8.02. The number of rotatable bonds is 5. The van der Waals surface area contributed by atoms with Crippen molar-refractivity contribution in [1.82, 2.24) is 4.90 Å². The zero-order chi connectivity index (χ0) is 16.3. The average Bonchev–Trinajstić information content (AvgIpc) is 2.45. The molecule has 2 rings (SSSR count). The molecule has 6 heteroatoms. The van der Waals surface area contributed by atoms with E-state index in [2.05, 4.69) is 0 Å². The van der Waals surface area contributed by atoms with Gasteiger partial charge >= 0.3 is 5.97 Å². The number of ketones is 1. The Kier molecular flexibility index (Phi) is 6.03. The first-order chi connectivity index (χ1) is 10.4. The van der Waals surface area contributed by atoms with E-state index in [1.807, 2.05) is 0 Å². The Labute approximate surface area is 135 Å². The topological polar surface area (TPSA) is 74.7 Å². The molecule has 1 saturated heterocycles. The lowest BCUT2D eigenvalue weighted by Crippen LogP contribution is -2.59. The number of hydrogen-bond acceptors (Lipinski definition) is 5. The molecule has 4 atom stereocenters. The summed E-state index contributed by atoms with van der Waals surface area (Å²) in [6, 6.07) is -0.860. The van der Waals surface area contributed by atoms with Gasteiger partial charge in [-0.05, 0) is 31.7 Å². The molecule has 1 heterocycles. The van der Waals surface area contributed by atoms with Crippen LogP contribution in [0.2, 0.25) is 0 Å². The Hall–Kier alpha value is -0.880. The number of likely N-dealkylation sites (tertiary alicyclic amines) is 1. The highest BCUT2D eigenvalue weighted by molar-refractivity contribution is 8.13. The van der Waals surface area contributed by atoms with Gasteiger partial charge in [-0.2, -0.15) is 0 Å². The molecular formula is C16H25NO4S. The fraction of sp³-hybridized carbons (Fsp3) is 0.812. The number of hydrogen-bond donors (Lipinski definition) is 1. The second kappa shape index (κ2) is 7.59. The largest absolute Gasteiger partial charge is 0.480 e. The molecule has 0 aromatic heterocycles. The molecule has 1 aliphatic carbocycles. The first kappa shape index (κ1) is 17.5. The Morgan fingerprint density at radius 1 is 1.23 bits per heavy atom. The van der Waals surface area contributed by atoms with E-state index in [0.717, 1.165) is 25.7 Å². The summed E-state index contributed by atoms with van der Waals surface area (Å²) in [4.78, 5) is 36.9. The lowest BCUT2D eigenvalue weighted by atomic mass is 9.68. The van der Waals surface area contributed by atoms with Gasteiger partial charge in [0.2, 0.25) is 0 Å². The standard InChI is InChI=1S/C16H25NO4S/c1-10(18)22-8-7-14(19)15-12-6-4-3-5-11(12)9-13(16(20)21)17(15)2/h11-13,15H,3-9H2,1-2H3,(H,20,21). The molecule has 2 aliphatic rings. The van der Waals surface area contributed by atoms with E-state index in [0.29, 0.717) is 24.5 Å². The zero-order valence-electron chi connectivity index (χ0n) is 13.3. The summed E-state index contributed by atoms with van der Waals surface area (Å²) in [6.07, 6.45) is 5.31. The molecule has 124 valence electrons. The summed E-state index contributed by atoms with van der Waals surface area (Å²) in [7, 11) is 1.77. The average molecular weight is 327 g/mol. The van der Waals surface area contributed by atoms with Gasteiger partial charge in [-0.15, -0.1) is 0 Å². The molecule has 0 radical (unpaired) electrons. The Bertz CT molecular complexity index is 453. The number of fused-ring (bicyclic) bond motifs is 1. The third kappa shape index (κ3) is 3.90. The number of piperidine rings is 1. The van der Waals surface area contributed by atoms with Crippen molar-refractivity contribution in [3.05, 3.63) is 0 Å². The molecule has 2 fully saturated rings. The number of aliphatic carboxylic acids is 1.